The standard InChI is InChI=1S/C19H28O2/c1-15-6-8-16(9-7-15)18(2,20)17-10-13-21-19(14-17)11-4-3-5-12-19/h6-9,17,20H,3-5,10-14H2,1-2H3. The van der Waals surface area contributed by atoms with E-state index in [1.165, 1.54) is 37.7 Å². The first-order chi connectivity index (χ1) is 10.0. The van der Waals surface area contributed by atoms with Gasteiger partial charge in [-0.2, -0.15) is 0 Å². The molecule has 2 fully saturated rings. The summed E-state index contributed by atoms with van der Waals surface area (Å²) in [7, 11) is 0. The van der Waals surface area contributed by atoms with Gasteiger partial charge in [0.1, 0.15) is 0 Å². The van der Waals surface area contributed by atoms with Crippen molar-refractivity contribution in [2.75, 3.05) is 6.61 Å². The fourth-order valence-corrected chi connectivity index (χ4v) is 4.18. The number of aliphatic hydroxyl groups is 1. The Hall–Kier alpha value is -0.860. The highest BCUT2D eigenvalue weighted by Gasteiger charge is 2.44. The van der Waals surface area contributed by atoms with Crippen LogP contribution in [0.15, 0.2) is 24.3 Å². The van der Waals surface area contributed by atoms with Gasteiger partial charge in [0.15, 0.2) is 0 Å². The molecule has 0 aromatic heterocycles. The molecule has 0 bridgehead atoms. The van der Waals surface area contributed by atoms with Gasteiger partial charge < -0.3 is 9.84 Å². The van der Waals surface area contributed by atoms with Crippen LogP contribution in [-0.2, 0) is 10.3 Å². The molecule has 1 saturated carbocycles. The first-order valence-corrected chi connectivity index (χ1v) is 8.45. The lowest BCUT2D eigenvalue weighted by Crippen LogP contribution is -2.47. The third-order valence-corrected chi connectivity index (χ3v) is 5.69. The molecule has 2 aliphatic rings. The normalized spacial score (nSPS) is 28.2. The van der Waals surface area contributed by atoms with Crippen LogP contribution in [0, 0.1) is 12.8 Å². The quantitative estimate of drug-likeness (QED) is 0.877. The molecule has 0 radical (unpaired) electrons. The molecule has 1 spiro atoms. The van der Waals surface area contributed by atoms with Crippen LogP contribution in [0.2, 0.25) is 0 Å². The second-order valence-corrected chi connectivity index (χ2v) is 7.30. The molecule has 21 heavy (non-hydrogen) atoms. The molecule has 1 aromatic carbocycles. The van der Waals surface area contributed by atoms with Crippen LogP contribution in [0.5, 0.6) is 0 Å². The van der Waals surface area contributed by atoms with Crippen molar-refractivity contribution in [3.05, 3.63) is 35.4 Å². The van der Waals surface area contributed by atoms with Gasteiger partial charge in [-0.25, -0.2) is 0 Å². The summed E-state index contributed by atoms with van der Waals surface area (Å²) in [5.41, 5.74) is 1.59. The molecule has 1 aromatic rings. The highest BCUT2D eigenvalue weighted by Crippen LogP contribution is 2.46. The number of aryl methyl sites for hydroxylation is 1. The Morgan fingerprint density at radius 3 is 2.48 bits per heavy atom. The van der Waals surface area contributed by atoms with E-state index in [4.69, 9.17) is 4.74 Å². The van der Waals surface area contributed by atoms with Crippen molar-refractivity contribution in [1.29, 1.82) is 0 Å². The molecule has 2 heteroatoms. The average Bonchev–Trinajstić information content (AvgIpc) is 2.48. The minimum absolute atomic E-state index is 0.0514. The van der Waals surface area contributed by atoms with E-state index in [1.807, 2.05) is 6.92 Å². The van der Waals surface area contributed by atoms with E-state index in [1.54, 1.807) is 0 Å². The molecule has 1 saturated heterocycles. The largest absolute Gasteiger partial charge is 0.385 e. The molecule has 1 aliphatic carbocycles. The second kappa shape index (κ2) is 5.73. The van der Waals surface area contributed by atoms with Gasteiger partial charge in [0.25, 0.3) is 0 Å². The summed E-state index contributed by atoms with van der Waals surface area (Å²) in [5.74, 6) is 0.298. The minimum atomic E-state index is -0.748. The summed E-state index contributed by atoms with van der Waals surface area (Å²) in [6.07, 6.45) is 8.21. The van der Waals surface area contributed by atoms with E-state index in [2.05, 4.69) is 31.2 Å². The molecule has 2 nitrogen and oxygen atoms in total. The first kappa shape index (κ1) is 15.1. The van der Waals surface area contributed by atoms with E-state index in [-0.39, 0.29) is 5.60 Å². The molecular formula is C19H28O2. The highest BCUT2D eigenvalue weighted by atomic mass is 16.5. The Labute approximate surface area is 128 Å². The molecule has 1 N–H and O–H groups in total. The van der Waals surface area contributed by atoms with Crippen molar-refractivity contribution in [3.8, 4) is 0 Å². The zero-order valence-electron chi connectivity index (χ0n) is 13.4. The third-order valence-electron chi connectivity index (χ3n) is 5.69. The van der Waals surface area contributed by atoms with E-state index in [0.29, 0.717) is 5.92 Å². The molecular weight excluding hydrogens is 260 g/mol. The third kappa shape index (κ3) is 3.02. The molecule has 116 valence electrons. The van der Waals surface area contributed by atoms with Crippen molar-refractivity contribution in [2.24, 2.45) is 5.92 Å². The summed E-state index contributed by atoms with van der Waals surface area (Å²) in [4.78, 5) is 0. The Morgan fingerprint density at radius 2 is 1.81 bits per heavy atom. The van der Waals surface area contributed by atoms with Gasteiger partial charge in [-0.05, 0) is 51.0 Å². The SMILES string of the molecule is Cc1ccc(C(C)(O)C2CCOC3(CCCCC3)C2)cc1. The number of rotatable bonds is 2. The zero-order valence-corrected chi connectivity index (χ0v) is 13.4. The van der Waals surface area contributed by atoms with Gasteiger partial charge in [0.2, 0.25) is 0 Å². The van der Waals surface area contributed by atoms with E-state index in [9.17, 15) is 5.11 Å². The van der Waals surface area contributed by atoms with E-state index in [0.717, 1.165) is 25.0 Å². The van der Waals surface area contributed by atoms with Gasteiger partial charge in [-0.15, -0.1) is 0 Å². The zero-order chi connectivity index (χ0) is 14.9. The van der Waals surface area contributed by atoms with Gasteiger partial charge in [0.05, 0.1) is 11.2 Å². The highest BCUT2D eigenvalue weighted by molar-refractivity contribution is 5.27. The van der Waals surface area contributed by atoms with Gasteiger partial charge >= 0.3 is 0 Å². The fraction of sp³-hybridized carbons (Fsp3) is 0.684. The molecule has 2 unspecified atom stereocenters. The fourth-order valence-electron chi connectivity index (χ4n) is 4.18. The summed E-state index contributed by atoms with van der Waals surface area (Å²) in [5, 5.41) is 11.2. The van der Waals surface area contributed by atoms with Crippen LogP contribution in [-0.4, -0.2) is 17.3 Å². The smallest absolute Gasteiger partial charge is 0.0898 e. The molecule has 2 atom stereocenters. The average molecular weight is 288 g/mol. The maximum Gasteiger partial charge on any atom is 0.0898 e. The van der Waals surface area contributed by atoms with E-state index >= 15 is 0 Å². The first-order valence-electron chi connectivity index (χ1n) is 8.45. The Balaban J connectivity index is 1.79. The number of benzene rings is 1. The van der Waals surface area contributed by atoms with Gasteiger partial charge in [0, 0.05) is 6.61 Å². The summed E-state index contributed by atoms with van der Waals surface area (Å²) in [6.45, 7) is 4.88. The van der Waals surface area contributed by atoms with Crippen LogP contribution in [0.3, 0.4) is 0 Å². The predicted molar refractivity (Wildman–Crippen MR) is 85.2 cm³/mol. The predicted octanol–water partition coefficient (Wildman–Crippen LogP) is 4.33. The van der Waals surface area contributed by atoms with E-state index < -0.39 is 5.60 Å². The maximum absolute atomic E-state index is 11.2. The topological polar surface area (TPSA) is 29.5 Å². The molecule has 0 amide bonds. The lowest BCUT2D eigenvalue weighted by atomic mass is 9.69. The van der Waals surface area contributed by atoms with Crippen molar-refractivity contribution in [1.82, 2.24) is 0 Å². The summed E-state index contributed by atoms with van der Waals surface area (Å²) in [6, 6.07) is 8.36. The Morgan fingerprint density at radius 1 is 1.14 bits per heavy atom. The molecule has 1 aliphatic heterocycles. The number of hydrogen-bond donors (Lipinski definition) is 1. The van der Waals surface area contributed by atoms with Crippen molar-refractivity contribution in [3.63, 3.8) is 0 Å². The van der Waals surface area contributed by atoms with Crippen molar-refractivity contribution < 1.29 is 9.84 Å². The Kier molecular flexibility index (Phi) is 4.11. The van der Waals surface area contributed by atoms with Crippen molar-refractivity contribution >= 4 is 0 Å². The van der Waals surface area contributed by atoms with Crippen LogP contribution in [0.1, 0.15) is 63.0 Å². The Bertz CT molecular complexity index is 463. The lowest BCUT2D eigenvalue weighted by molar-refractivity contribution is -0.154. The molecule has 1 heterocycles. The monoisotopic (exact) mass is 288 g/mol. The van der Waals surface area contributed by atoms with Crippen molar-refractivity contribution in [2.45, 2.75) is 70.0 Å². The number of ether oxygens (including phenoxy) is 1. The van der Waals surface area contributed by atoms with Gasteiger partial charge in [-0.3, -0.25) is 0 Å². The van der Waals surface area contributed by atoms with Crippen LogP contribution < -0.4 is 0 Å². The number of hydrogen-bond acceptors (Lipinski definition) is 2. The second-order valence-electron chi connectivity index (χ2n) is 7.30. The maximum atomic E-state index is 11.2. The van der Waals surface area contributed by atoms with Crippen LogP contribution in [0.4, 0.5) is 0 Å². The van der Waals surface area contributed by atoms with Gasteiger partial charge in [-0.1, -0.05) is 49.1 Å². The van der Waals surface area contributed by atoms with Crippen LogP contribution in [0.25, 0.3) is 0 Å². The minimum Gasteiger partial charge on any atom is -0.385 e. The summed E-state index contributed by atoms with van der Waals surface area (Å²) < 4.78 is 6.18. The molecule has 3 rings (SSSR count). The lowest BCUT2D eigenvalue weighted by Gasteiger charge is -2.47. The van der Waals surface area contributed by atoms with Crippen LogP contribution >= 0.6 is 0 Å². The summed E-state index contributed by atoms with van der Waals surface area (Å²) >= 11 is 0.